The number of hydrogen-bond donors (Lipinski definition) is 1. The zero-order valence-electron chi connectivity index (χ0n) is 15.9. The van der Waals surface area contributed by atoms with Gasteiger partial charge in [-0.1, -0.05) is 6.92 Å². The van der Waals surface area contributed by atoms with Crippen LogP contribution in [0.5, 0.6) is 0 Å². The molecule has 0 aromatic heterocycles. The molecule has 1 aliphatic rings. The number of hydrogen-bond acceptors (Lipinski definition) is 4. The molecule has 0 bridgehead atoms. The van der Waals surface area contributed by atoms with Crippen LogP contribution < -0.4 is 5.32 Å². The smallest absolute Gasteiger partial charge is 0.410 e. The summed E-state index contributed by atoms with van der Waals surface area (Å²) in [4.78, 5) is 16.5. The van der Waals surface area contributed by atoms with Crippen LogP contribution in [0.2, 0.25) is 0 Å². The maximum atomic E-state index is 12.1. The summed E-state index contributed by atoms with van der Waals surface area (Å²) in [7, 11) is 0. The van der Waals surface area contributed by atoms with Gasteiger partial charge >= 0.3 is 6.09 Å². The first-order valence-corrected chi connectivity index (χ1v) is 9.29. The highest BCUT2D eigenvalue weighted by Gasteiger charge is 2.21. The fraction of sp³-hybridized carbons (Fsp3) is 0.944. The Morgan fingerprint density at radius 1 is 1.26 bits per heavy atom. The van der Waals surface area contributed by atoms with Crippen molar-refractivity contribution >= 4 is 6.09 Å². The highest BCUT2D eigenvalue weighted by atomic mass is 16.6. The van der Waals surface area contributed by atoms with Crippen molar-refractivity contribution in [2.24, 2.45) is 0 Å². The first-order valence-electron chi connectivity index (χ1n) is 9.29. The molecule has 1 saturated heterocycles. The van der Waals surface area contributed by atoms with E-state index >= 15 is 0 Å². The van der Waals surface area contributed by atoms with Crippen molar-refractivity contribution in [2.75, 3.05) is 39.3 Å². The highest BCUT2D eigenvalue weighted by Crippen LogP contribution is 2.12. The van der Waals surface area contributed by atoms with Crippen molar-refractivity contribution < 1.29 is 9.53 Å². The largest absolute Gasteiger partial charge is 0.444 e. The second-order valence-corrected chi connectivity index (χ2v) is 7.48. The number of nitrogens with zero attached hydrogens (tertiary/aromatic N) is 2. The van der Waals surface area contributed by atoms with Gasteiger partial charge in [0.1, 0.15) is 5.60 Å². The Bertz CT molecular complexity index is 342. The van der Waals surface area contributed by atoms with E-state index in [1.165, 1.54) is 45.3 Å². The molecule has 5 nitrogen and oxygen atoms in total. The minimum absolute atomic E-state index is 0.211. The van der Waals surface area contributed by atoms with Crippen LogP contribution in [-0.2, 0) is 4.74 Å². The first-order chi connectivity index (χ1) is 10.9. The Hall–Kier alpha value is -0.810. The van der Waals surface area contributed by atoms with Gasteiger partial charge in [-0.2, -0.15) is 0 Å². The molecule has 1 unspecified atom stereocenters. The van der Waals surface area contributed by atoms with E-state index < -0.39 is 5.60 Å². The number of amides is 1. The average molecular weight is 328 g/mol. The van der Waals surface area contributed by atoms with E-state index in [4.69, 9.17) is 4.74 Å². The lowest BCUT2D eigenvalue weighted by atomic mass is 10.1. The quantitative estimate of drug-likeness (QED) is 0.780. The van der Waals surface area contributed by atoms with Gasteiger partial charge < -0.3 is 19.9 Å². The number of likely N-dealkylation sites (N-methyl/N-ethyl adjacent to an activating group) is 1. The van der Waals surface area contributed by atoms with Gasteiger partial charge in [0.15, 0.2) is 0 Å². The molecule has 0 spiro atoms. The standard InChI is InChI=1S/C18H37N3O2/c1-6-12-20-13-8-9-16(10-14-20)19-11-15-21(7-2)17(22)23-18(3,4)5/h16,19H,6-15H2,1-5H3. The minimum Gasteiger partial charge on any atom is -0.444 e. The summed E-state index contributed by atoms with van der Waals surface area (Å²) in [6.45, 7) is 15.8. The number of likely N-dealkylation sites (tertiary alicyclic amines) is 1. The molecule has 1 N–H and O–H groups in total. The van der Waals surface area contributed by atoms with Gasteiger partial charge in [0.25, 0.3) is 0 Å². The van der Waals surface area contributed by atoms with E-state index in [9.17, 15) is 4.79 Å². The van der Waals surface area contributed by atoms with E-state index in [1.807, 2.05) is 27.7 Å². The molecule has 0 aromatic carbocycles. The van der Waals surface area contributed by atoms with Crippen LogP contribution in [0.15, 0.2) is 0 Å². The molecule has 1 atom stereocenters. The third kappa shape index (κ3) is 8.56. The van der Waals surface area contributed by atoms with Gasteiger partial charge in [-0.05, 0) is 73.0 Å². The van der Waals surface area contributed by atoms with Gasteiger partial charge in [-0.3, -0.25) is 0 Å². The van der Waals surface area contributed by atoms with E-state index in [0.29, 0.717) is 19.1 Å². The number of ether oxygens (including phenoxy) is 1. The topological polar surface area (TPSA) is 44.8 Å². The monoisotopic (exact) mass is 327 g/mol. The number of rotatable bonds is 7. The van der Waals surface area contributed by atoms with Crippen molar-refractivity contribution in [3.63, 3.8) is 0 Å². The fourth-order valence-corrected chi connectivity index (χ4v) is 3.01. The zero-order valence-corrected chi connectivity index (χ0v) is 15.9. The molecule has 1 aliphatic heterocycles. The molecule has 0 aromatic rings. The molecule has 1 heterocycles. The third-order valence-corrected chi connectivity index (χ3v) is 4.21. The molecule has 1 rings (SSSR count). The summed E-state index contributed by atoms with van der Waals surface area (Å²) in [6, 6.07) is 0.578. The van der Waals surface area contributed by atoms with Crippen molar-refractivity contribution in [1.82, 2.24) is 15.1 Å². The SMILES string of the molecule is CCCN1CCCC(NCCN(CC)C(=O)OC(C)(C)C)CC1. The molecule has 1 fully saturated rings. The van der Waals surface area contributed by atoms with Gasteiger partial charge in [-0.25, -0.2) is 4.79 Å². The molecule has 136 valence electrons. The normalized spacial score (nSPS) is 20.1. The first kappa shape index (κ1) is 20.2. The van der Waals surface area contributed by atoms with E-state index in [1.54, 1.807) is 4.90 Å². The van der Waals surface area contributed by atoms with Crippen LogP contribution in [0.1, 0.15) is 60.3 Å². The highest BCUT2D eigenvalue weighted by molar-refractivity contribution is 5.68. The number of carbonyl (C=O) groups is 1. The molecular formula is C18H37N3O2. The van der Waals surface area contributed by atoms with Gasteiger partial charge in [0.05, 0.1) is 0 Å². The molecular weight excluding hydrogens is 290 g/mol. The summed E-state index contributed by atoms with van der Waals surface area (Å²) in [5, 5.41) is 3.63. The van der Waals surface area contributed by atoms with E-state index in [0.717, 1.165) is 6.54 Å². The molecule has 0 radical (unpaired) electrons. The second-order valence-electron chi connectivity index (χ2n) is 7.48. The van der Waals surface area contributed by atoms with Crippen LogP contribution in [0.3, 0.4) is 0 Å². The third-order valence-electron chi connectivity index (χ3n) is 4.21. The van der Waals surface area contributed by atoms with Crippen molar-refractivity contribution in [1.29, 1.82) is 0 Å². The Morgan fingerprint density at radius 3 is 2.61 bits per heavy atom. The predicted molar refractivity (Wildman–Crippen MR) is 95.9 cm³/mol. The molecule has 1 amide bonds. The van der Waals surface area contributed by atoms with E-state index in [-0.39, 0.29) is 6.09 Å². The Labute approximate surface area is 142 Å². The van der Waals surface area contributed by atoms with Crippen LogP contribution in [0.4, 0.5) is 4.79 Å². The number of nitrogens with one attached hydrogen (secondary N) is 1. The Balaban J connectivity index is 2.30. The molecule has 0 saturated carbocycles. The lowest BCUT2D eigenvalue weighted by molar-refractivity contribution is 0.0260. The van der Waals surface area contributed by atoms with Crippen LogP contribution in [-0.4, -0.2) is 66.8 Å². The maximum Gasteiger partial charge on any atom is 0.410 e. The van der Waals surface area contributed by atoms with Gasteiger partial charge in [0, 0.05) is 25.7 Å². The Morgan fingerprint density at radius 2 is 2.00 bits per heavy atom. The summed E-state index contributed by atoms with van der Waals surface area (Å²) in [5.74, 6) is 0. The van der Waals surface area contributed by atoms with Crippen LogP contribution in [0, 0.1) is 0 Å². The zero-order chi connectivity index (χ0) is 17.3. The summed E-state index contributed by atoms with van der Waals surface area (Å²) in [5.41, 5.74) is -0.429. The summed E-state index contributed by atoms with van der Waals surface area (Å²) < 4.78 is 5.45. The average Bonchev–Trinajstić information content (AvgIpc) is 2.67. The molecule has 23 heavy (non-hydrogen) atoms. The molecule has 0 aliphatic carbocycles. The van der Waals surface area contributed by atoms with Crippen molar-refractivity contribution in [3.05, 3.63) is 0 Å². The van der Waals surface area contributed by atoms with Crippen molar-refractivity contribution in [3.8, 4) is 0 Å². The number of carbonyl (C=O) groups excluding carboxylic acids is 1. The van der Waals surface area contributed by atoms with Gasteiger partial charge in [0.2, 0.25) is 0 Å². The van der Waals surface area contributed by atoms with Gasteiger partial charge in [-0.15, -0.1) is 0 Å². The van der Waals surface area contributed by atoms with Crippen molar-refractivity contribution in [2.45, 2.75) is 71.9 Å². The summed E-state index contributed by atoms with van der Waals surface area (Å²) in [6.07, 6.45) is 4.73. The lowest BCUT2D eigenvalue weighted by Gasteiger charge is -2.27. The Kier molecular flexibility index (Phi) is 8.92. The maximum absolute atomic E-state index is 12.1. The fourth-order valence-electron chi connectivity index (χ4n) is 3.01. The van der Waals surface area contributed by atoms with E-state index in [2.05, 4.69) is 17.1 Å². The molecule has 5 heteroatoms. The summed E-state index contributed by atoms with van der Waals surface area (Å²) >= 11 is 0. The second kappa shape index (κ2) is 10.1. The lowest BCUT2D eigenvalue weighted by Crippen LogP contribution is -2.42. The predicted octanol–water partition coefficient (Wildman–Crippen LogP) is 3.10. The van der Waals surface area contributed by atoms with Crippen LogP contribution in [0.25, 0.3) is 0 Å². The van der Waals surface area contributed by atoms with Crippen LogP contribution >= 0.6 is 0 Å². The minimum atomic E-state index is -0.429.